The molecule has 1 fully saturated rings. The van der Waals surface area contributed by atoms with Crippen molar-refractivity contribution in [1.29, 1.82) is 0 Å². The molecule has 0 aromatic heterocycles. The summed E-state index contributed by atoms with van der Waals surface area (Å²) in [6, 6.07) is 7.39. The second-order valence-electron chi connectivity index (χ2n) is 4.87. The van der Waals surface area contributed by atoms with Crippen molar-refractivity contribution < 1.29 is 14.7 Å². The maximum Gasteiger partial charge on any atom is 0.307 e. The van der Waals surface area contributed by atoms with Crippen LogP contribution in [0.5, 0.6) is 0 Å². The summed E-state index contributed by atoms with van der Waals surface area (Å²) in [5.41, 5.74) is 1.69. The Morgan fingerprint density at radius 1 is 1.37 bits per heavy atom. The van der Waals surface area contributed by atoms with Gasteiger partial charge in [0.2, 0.25) is 5.91 Å². The van der Waals surface area contributed by atoms with E-state index in [2.05, 4.69) is 12.6 Å². The van der Waals surface area contributed by atoms with E-state index in [4.69, 9.17) is 5.11 Å². The zero-order valence-corrected chi connectivity index (χ0v) is 11.5. The first-order valence-corrected chi connectivity index (χ1v) is 6.90. The number of carboxylic acids is 1. The quantitative estimate of drug-likeness (QED) is 0.805. The molecular weight excluding hydrogens is 262 g/mol. The largest absolute Gasteiger partial charge is 0.481 e. The Kier molecular flexibility index (Phi) is 4.47. The van der Waals surface area contributed by atoms with Crippen molar-refractivity contribution in [2.45, 2.75) is 19.4 Å². The van der Waals surface area contributed by atoms with Gasteiger partial charge in [0.1, 0.15) is 0 Å². The molecule has 1 saturated heterocycles. The lowest BCUT2D eigenvalue weighted by Gasteiger charge is -2.18. The van der Waals surface area contributed by atoms with Crippen molar-refractivity contribution in [3.8, 4) is 0 Å². The second-order valence-corrected chi connectivity index (χ2v) is 5.23. The van der Waals surface area contributed by atoms with E-state index in [0.717, 1.165) is 11.1 Å². The molecule has 0 saturated carbocycles. The van der Waals surface area contributed by atoms with Crippen LogP contribution in [0.25, 0.3) is 0 Å². The summed E-state index contributed by atoms with van der Waals surface area (Å²) >= 11 is 4.23. The van der Waals surface area contributed by atoms with Crippen LogP contribution in [0.4, 0.5) is 0 Å². The van der Waals surface area contributed by atoms with Crippen LogP contribution in [0.3, 0.4) is 0 Å². The average Bonchev–Trinajstić information content (AvgIpc) is 2.72. The molecule has 5 heteroatoms. The number of thiol groups is 1. The molecule has 19 heavy (non-hydrogen) atoms. The topological polar surface area (TPSA) is 57.6 Å². The van der Waals surface area contributed by atoms with Gasteiger partial charge in [0, 0.05) is 19.5 Å². The van der Waals surface area contributed by atoms with Crippen LogP contribution in [-0.2, 0) is 22.6 Å². The average molecular weight is 279 g/mol. The molecule has 2 rings (SSSR count). The van der Waals surface area contributed by atoms with Crippen molar-refractivity contribution in [2.24, 2.45) is 5.92 Å². The van der Waals surface area contributed by atoms with Gasteiger partial charge in [-0.2, -0.15) is 12.6 Å². The third-order valence-corrected chi connectivity index (χ3v) is 3.89. The minimum absolute atomic E-state index is 0.00575. The lowest BCUT2D eigenvalue weighted by atomic mass is 10.0. The summed E-state index contributed by atoms with van der Waals surface area (Å²) in [4.78, 5) is 24.5. The lowest BCUT2D eigenvalue weighted by molar-refractivity contribution is -0.136. The Labute approximate surface area is 117 Å². The van der Waals surface area contributed by atoms with E-state index < -0.39 is 5.97 Å². The van der Waals surface area contributed by atoms with Gasteiger partial charge in [-0.1, -0.05) is 24.3 Å². The fourth-order valence-corrected chi connectivity index (χ4v) is 2.63. The van der Waals surface area contributed by atoms with E-state index in [1.807, 2.05) is 18.2 Å². The molecule has 1 heterocycles. The molecular formula is C14H17NO3S. The first-order chi connectivity index (χ1) is 9.10. The van der Waals surface area contributed by atoms with Crippen LogP contribution >= 0.6 is 12.6 Å². The summed E-state index contributed by atoms with van der Waals surface area (Å²) in [5.74, 6) is 0.291. The SMILES string of the molecule is O=C(O)Cc1ccccc1CN1CC(CS)CC1=O. The number of hydrogen-bond acceptors (Lipinski definition) is 3. The van der Waals surface area contributed by atoms with Crippen LogP contribution in [-0.4, -0.2) is 34.2 Å². The van der Waals surface area contributed by atoms with Crippen molar-refractivity contribution in [1.82, 2.24) is 4.90 Å². The third kappa shape index (κ3) is 3.50. The number of carbonyl (C=O) groups excluding carboxylic acids is 1. The van der Waals surface area contributed by atoms with Crippen molar-refractivity contribution in [3.63, 3.8) is 0 Å². The van der Waals surface area contributed by atoms with Crippen molar-refractivity contribution >= 4 is 24.5 Å². The van der Waals surface area contributed by atoms with Gasteiger partial charge < -0.3 is 10.0 Å². The van der Waals surface area contributed by atoms with Gasteiger partial charge in [-0.15, -0.1) is 0 Å². The molecule has 1 aromatic carbocycles. The summed E-state index contributed by atoms with van der Waals surface area (Å²) < 4.78 is 0. The van der Waals surface area contributed by atoms with Gasteiger partial charge in [-0.3, -0.25) is 9.59 Å². The van der Waals surface area contributed by atoms with E-state index in [9.17, 15) is 9.59 Å². The number of carboxylic acid groups (broad SMARTS) is 1. The van der Waals surface area contributed by atoms with E-state index in [1.165, 1.54) is 0 Å². The highest BCUT2D eigenvalue weighted by Gasteiger charge is 2.28. The molecule has 1 unspecified atom stereocenters. The van der Waals surface area contributed by atoms with Crippen LogP contribution in [0.2, 0.25) is 0 Å². The Morgan fingerprint density at radius 2 is 2.05 bits per heavy atom. The maximum atomic E-state index is 11.9. The number of nitrogens with zero attached hydrogens (tertiary/aromatic N) is 1. The summed E-state index contributed by atoms with van der Waals surface area (Å²) in [6.07, 6.45) is 0.540. The molecule has 1 N–H and O–H groups in total. The molecule has 1 amide bonds. The molecule has 1 aromatic rings. The van der Waals surface area contributed by atoms with Gasteiger partial charge in [0.25, 0.3) is 0 Å². The van der Waals surface area contributed by atoms with Gasteiger partial charge in [0.05, 0.1) is 6.42 Å². The number of carbonyl (C=O) groups is 2. The van der Waals surface area contributed by atoms with Crippen molar-refractivity contribution in [3.05, 3.63) is 35.4 Å². The predicted octanol–water partition coefficient (Wildman–Crippen LogP) is 1.59. The van der Waals surface area contributed by atoms with E-state index in [-0.39, 0.29) is 12.3 Å². The van der Waals surface area contributed by atoms with Crippen LogP contribution < -0.4 is 0 Å². The summed E-state index contributed by atoms with van der Waals surface area (Å²) in [5, 5.41) is 8.89. The molecule has 0 radical (unpaired) electrons. The minimum atomic E-state index is -0.853. The Balaban J connectivity index is 2.11. The normalized spacial score (nSPS) is 18.9. The van der Waals surface area contributed by atoms with Gasteiger partial charge in [-0.25, -0.2) is 0 Å². The Bertz CT molecular complexity index is 489. The van der Waals surface area contributed by atoms with E-state index in [0.29, 0.717) is 31.2 Å². The van der Waals surface area contributed by atoms with Crippen LogP contribution in [0.1, 0.15) is 17.5 Å². The van der Waals surface area contributed by atoms with E-state index in [1.54, 1.807) is 11.0 Å². The third-order valence-electron chi connectivity index (χ3n) is 3.37. The highest BCUT2D eigenvalue weighted by molar-refractivity contribution is 7.80. The maximum absolute atomic E-state index is 11.9. The van der Waals surface area contributed by atoms with Gasteiger partial charge >= 0.3 is 5.97 Å². The lowest BCUT2D eigenvalue weighted by Crippen LogP contribution is -2.25. The highest BCUT2D eigenvalue weighted by atomic mass is 32.1. The van der Waals surface area contributed by atoms with E-state index >= 15 is 0 Å². The smallest absolute Gasteiger partial charge is 0.307 e. The first kappa shape index (κ1) is 13.9. The number of rotatable bonds is 5. The molecule has 1 aliphatic heterocycles. The fraction of sp³-hybridized carbons (Fsp3) is 0.429. The standard InChI is InChI=1S/C14H17NO3S/c16-13-5-10(9-19)7-15(13)8-12-4-2-1-3-11(12)6-14(17)18/h1-4,10,19H,5-9H2,(H,17,18). The predicted molar refractivity (Wildman–Crippen MR) is 75.2 cm³/mol. The molecule has 0 bridgehead atoms. The number of aliphatic carboxylic acids is 1. The highest BCUT2D eigenvalue weighted by Crippen LogP contribution is 2.22. The first-order valence-electron chi connectivity index (χ1n) is 6.27. The van der Waals surface area contributed by atoms with Crippen molar-refractivity contribution in [2.75, 3.05) is 12.3 Å². The summed E-state index contributed by atoms with van der Waals surface area (Å²) in [6.45, 7) is 1.20. The Morgan fingerprint density at radius 3 is 2.63 bits per heavy atom. The molecule has 1 aliphatic rings. The summed E-state index contributed by atoms with van der Waals surface area (Å²) in [7, 11) is 0. The Hall–Kier alpha value is -1.49. The minimum Gasteiger partial charge on any atom is -0.481 e. The fourth-order valence-electron chi connectivity index (χ4n) is 2.38. The monoisotopic (exact) mass is 279 g/mol. The molecule has 4 nitrogen and oxygen atoms in total. The number of amides is 1. The molecule has 102 valence electrons. The zero-order valence-electron chi connectivity index (χ0n) is 10.6. The van der Waals surface area contributed by atoms with Crippen LogP contribution in [0, 0.1) is 5.92 Å². The number of hydrogen-bond donors (Lipinski definition) is 2. The molecule has 0 aliphatic carbocycles. The zero-order chi connectivity index (χ0) is 13.8. The number of benzene rings is 1. The number of likely N-dealkylation sites (tertiary alicyclic amines) is 1. The second kappa shape index (κ2) is 6.10. The molecule has 0 spiro atoms. The molecule has 1 atom stereocenters. The van der Waals surface area contributed by atoms with Crippen LogP contribution in [0.15, 0.2) is 24.3 Å². The van der Waals surface area contributed by atoms with Gasteiger partial charge in [0.15, 0.2) is 0 Å². The van der Waals surface area contributed by atoms with Gasteiger partial charge in [-0.05, 0) is 22.8 Å².